The molecule has 6 nitrogen and oxygen atoms in total. The Hall–Kier alpha value is -2.15. The van der Waals surface area contributed by atoms with Crippen molar-refractivity contribution in [2.45, 2.75) is 18.8 Å². The van der Waals surface area contributed by atoms with Gasteiger partial charge in [0.1, 0.15) is 11.6 Å². The molecule has 0 radical (unpaired) electrons. The highest BCUT2D eigenvalue weighted by molar-refractivity contribution is 5.65. The normalized spacial score (nSPS) is 16.9. The zero-order valence-electron chi connectivity index (χ0n) is 12.7. The van der Waals surface area contributed by atoms with Gasteiger partial charge in [0.2, 0.25) is 0 Å². The number of nitrogens with two attached hydrogens (primary N) is 1. The highest BCUT2D eigenvalue weighted by Crippen LogP contribution is 2.32. The molecule has 0 bridgehead atoms. The molecule has 118 valence electrons. The minimum Gasteiger partial charge on any atom is -0.495 e. The summed E-state index contributed by atoms with van der Waals surface area (Å²) in [6, 6.07) is 2.68. The van der Waals surface area contributed by atoms with E-state index in [0.717, 1.165) is 25.9 Å². The lowest BCUT2D eigenvalue weighted by atomic mass is 9.96. The van der Waals surface area contributed by atoms with Gasteiger partial charge < -0.3 is 19.9 Å². The lowest BCUT2D eigenvalue weighted by molar-refractivity contribution is 0.248. The Balaban J connectivity index is 1.87. The lowest BCUT2D eigenvalue weighted by Gasteiger charge is -2.26. The molecule has 1 aromatic carbocycles. The Bertz CT molecular complexity index is 666. The number of piperidine rings is 1. The van der Waals surface area contributed by atoms with E-state index in [9.17, 15) is 4.39 Å². The number of hydrogen-bond acceptors (Lipinski definition) is 6. The van der Waals surface area contributed by atoms with Crippen molar-refractivity contribution in [2.75, 3.05) is 33.0 Å². The van der Waals surface area contributed by atoms with Gasteiger partial charge >= 0.3 is 0 Å². The van der Waals surface area contributed by atoms with Gasteiger partial charge in [-0.2, -0.15) is 4.98 Å². The molecule has 1 aromatic heterocycles. The number of hydrogen-bond donors (Lipinski definition) is 1. The van der Waals surface area contributed by atoms with Crippen molar-refractivity contribution < 1.29 is 13.7 Å². The number of anilines is 1. The second-order valence-electron chi connectivity index (χ2n) is 5.61. The SMILES string of the molecule is COc1cc(-c2nc(C3CCN(C)CC3)no2)c(F)cc1N. The molecule has 0 unspecified atom stereocenters. The van der Waals surface area contributed by atoms with Crippen LogP contribution in [0.15, 0.2) is 16.7 Å². The summed E-state index contributed by atoms with van der Waals surface area (Å²) in [5.74, 6) is 0.933. The Kier molecular flexibility index (Phi) is 3.98. The van der Waals surface area contributed by atoms with Crippen LogP contribution < -0.4 is 10.5 Å². The van der Waals surface area contributed by atoms with Crippen molar-refractivity contribution in [3.05, 3.63) is 23.8 Å². The third-order valence-electron chi connectivity index (χ3n) is 4.08. The summed E-state index contributed by atoms with van der Waals surface area (Å²) in [6.45, 7) is 2.00. The topological polar surface area (TPSA) is 77.4 Å². The van der Waals surface area contributed by atoms with Crippen LogP contribution in [0.1, 0.15) is 24.6 Å². The smallest absolute Gasteiger partial charge is 0.261 e. The van der Waals surface area contributed by atoms with Crippen molar-refractivity contribution in [1.29, 1.82) is 0 Å². The largest absolute Gasteiger partial charge is 0.495 e. The van der Waals surface area contributed by atoms with Gasteiger partial charge in [-0.25, -0.2) is 4.39 Å². The van der Waals surface area contributed by atoms with Gasteiger partial charge in [0.15, 0.2) is 5.82 Å². The molecule has 0 saturated carbocycles. The maximum atomic E-state index is 14.1. The van der Waals surface area contributed by atoms with E-state index in [1.165, 1.54) is 19.2 Å². The summed E-state index contributed by atoms with van der Waals surface area (Å²) >= 11 is 0. The predicted molar refractivity (Wildman–Crippen MR) is 80.1 cm³/mol. The molecule has 0 spiro atoms. The Morgan fingerprint density at radius 2 is 2.09 bits per heavy atom. The molecule has 2 aromatic rings. The van der Waals surface area contributed by atoms with E-state index in [2.05, 4.69) is 22.1 Å². The quantitative estimate of drug-likeness (QED) is 0.877. The second-order valence-corrected chi connectivity index (χ2v) is 5.61. The van der Waals surface area contributed by atoms with Gasteiger partial charge in [-0.1, -0.05) is 5.16 Å². The number of methoxy groups -OCH3 is 1. The summed E-state index contributed by atoms with van der Waals surface area (Å²) in [7, 11) is 3.57. The molecule has 0 amide bonds. The van der Waals surface area contributed by atoms with Crippen molar-refractivity contribution in [1.82, 2.24) is 15.0 Å². The molecule has 1 aliphatic rings. The zero-order valence-corrected chi connectivity index (χ0v) is 12.7. The highest BCUT2D eigenvalue weighted by Gasteiger charge is 2.24. The standard InChI is InChI=1S/C15H19FN4O2/c1-20-5-3-9(4-6-20)14-18-15(22-19-14)10-7-13(21-2)12(17)8-11(10)16/h7-9H,3-6,17H2,1-2H3. The van der Waals surface area contributed by atoms with E-state index in [-0.39, 0.29) is 23.1 Å². The third-order valence-corrected chi connectivity index (χ3v) is 4.08. The summed E-state index contributed by atoms with van der Waals surface area (Å²) in [6.07, 6.45) is 1.95. The fourth-order valence-electron chi connectivity index (χ4n) is 2.69. The Labute approximate surface area is 128 Å². The highest BCUT2D eigenvalue weighted by atomic mass is 19.1. The molecule has 1 fully saturated rings. The number of halogens is 1. The van der Waals surface area contributed by atoms with Crippen LogP contribution >= 0.6 is 0 Å². The van der Waals surface area contributed by atoms with Crippen molar-refractivity contribution in [2.24, 2.45) is 0 Å². The Morgan fingerprint density at radius 3 is 2.77 bits per heavy atom. The van der Waals surface area contributed by atoms with Crippen LogP contribution in [0.3, 0.4) is 0 Å². The van der Waals surface area contributed by atoms with Gasteiger partial charge in [-0.15, -0.1) is 0 Å². The zero-order chi connectivity index (χ0) is 15.7. The lowest BCUT2D eigenvalue weighted by Crippen LogP contribution is -2.29. The number of ether oxygens (including phenoxy) is 1. The minimum absolute atomic E-state index is 0.157. The van der Waals surface area contributed by atoms with Crippen molar-refractivity contribution >= 4 is 5.69 Å². The van der Waals surface area contributed by atoms with E-state index in [4.69, 9.17) is 15.0 Å². The van der Waals surface area contributed by atoms with Crippen molar-refractivity contribution in [3.63, 3.8) is 0 Å². The maximum absolute atomic E-state index is 14.1. The van der Waals surface area contributed by atoms with Crippen LogP contribution in [-0.4, -0.2) is 42.3 Å². The fraction of sp³-hybridized carbons (Fsp3) is 0.467. The molecule has 3 rings (SSSR count). The molecule has 2 N–H and O–H groups in total. The van der Waals surface area contributed by atoms with Crippen LogP contribution in [0.4, 0.5) is 10.1 Å². The number of rotatable bonds is 3. The van der Waals surface area contributed by atoms with Gasteiger partial charge in [-0.05, 0) is 39.0 Å². The van der Waals surface area contributed by atoms with Crippen LogP contribution in [0.25, 0.3) is 11.5 Å². The van der Waals surface area contributed by atoms with Gasteiger partial charge in [0.05, 0.1) is 18.4 Å². The minimum atomic E-state index is -0.503. The summed E-state index contributed by atoms with van der Waals surface area (Å²) in [4.78, 5) is 6.63. The monoisotopic (exact) mass is 306 g/mol. The molecular formula is C15H19FN4O2. The first-order chi connectivity index (χ1) is 10.6. The fourth-order valence-corrected chi connectivity index (χ4v) is 2.69. The summed E-state index contributed by atoms with van der Waals surface area (Å²) in [5, 5.41) is 4.02. The average Bonchev–Trinajstić information content (AvgIpc) is 2.98. The first-order valence-electron chi connectivity index (χ1n) is 7.24. The van der Waals surface area contributed by atoms with E-state index < -0.39 is 5.82 Å². The number of aromatic nitrogens is 2. The number of nitrogen functional groups attached to an aromatic ring is 1. The summed E-state index contributed by atoms with van der Waals surface area (Å²) < 4.78 is 24.4. The number of benzene rings is 1. The predicted octanol–water partition coefficient (Wildman–Crippen LogP) is 2.28. The molecule has 2 heterocycles. The molecule has 22 heavy (non-hydrogen) atoms. The molecule has 0 atom stereocenters. The van der Waals surface area contributed by atoms with Crippen LogP contribution in [0.5, 0.6) is 5.75 Å². The van der Waals surface area contributed by atoms with E-state index >= 15 is 0 Å². The van der Waals surface area contributed by atoms with E-state index in [1.807, 2.05) is 0 Å². The third kappa shape index (κ3) is 2.76. The number of likely N-dealkylation sites (tertiary alicyclic amines) is 1. The first kappa shape index (κ1) is 14.8. The van der Waals surface area contributed by atoms with Crippen molar-refractivity contribution in [3.8, 4) is 17.2 Å². The van der Waals surface area contributed by atoms with Crippen LogP contribution in [0.2, 0.25) is 0 Å². The van der Waals surface area contributed by atoms with E-state index in [0.29, 0.717) is 11.6 Å². The maximum Gasteiger partial charge on any atom is 0.261 e. The van der Waals surface area contributed by atoms with Crippen LogP contribution in [0, 0.1) is 5.82 Å². The molecule has 1 saturated heterocycles. The molecular weight excluding hydrogens is 287 g/mol. The first-order valence-corrected chi connectivity index (χ1v) is 7.24. The van der Waals surface area contributed by atoms with Gasteiger partial charge in [0, 0.05) is 12.0 Å². The summed E-state index contributed by atoms with van der Waals surface area (Å²) in [5.41, 5.74) is 6.12. The van der Waals surface area contributed by atoms with Crippen LogP contribution in [-0.2, 0) is 0 Å². The molecule has 7 heteroatoms. The molecule has 0 aliphatic carbocycles. The Morgan fingerprint density at radius 1 is 1.36 bits per heavy atom. The number of nitrogens with zero attached hydrogens (tertiary/aromatic N) is 3. The second kappa shape index (κ2) is 5.92. The van der Waals surface area contributed by atoms with Gasteiger partial charge in [0.25, 0.3) is 5.89 Å². The van der Waals surface area contributed by atoms with Gasteiger partial charge in [-0.3, -0.25) is 0 Å². The molecule has 1 aliphatic heterocycles. The van der Waals surface area contributed by atoms with E-state index in [1.54, 1.807) is 0 Å². The average molecular weight is 306 g/mol.